The van der Waals surface area contributed by atoms with Gasteiger partial charge in [-0.2, -0.15) is 0 Å². The number of rotatable bonds is 2. The van der Waals surface area contributed by atoms with Crippen LogP contribution in [0.3, 0.4) is 0 Å². The summed E-state index contributed by atoms with van der Waals surface area (Å²) in [5, 5.41) is 0. The van der Waals surface area contributed by atoms with Crippen LogP contribution in [0.1, 0.15) is 0 Å². The van der Waals surface area contributed by atoms with Gasteiger partial charge in [0, 0.05) is 11.8 Å². The Morgan fingerprint density at radius 3 is 1.61 bits per heavy atom. The van der Waals surface area contributed by atoms with Crippen LogP contribution >= 0.6 is 0 Å². The normalized spacial score (nSPS) is 15.2. The maximum absolute atomic E-state index is 6.10. The van der Waals surface area contributed by atoms with E-state index in [-0.39, 0.29) is 0 Å². The smallest absolute Gasteiger partial charge is 0.161 e. The molecule has 1 aromatic heterocycles. The fourth-order valence-electron chi connectivity index (χ4n) is 4.05. The van der Waals surface area contributed by atoms with E-state index in [4.69, 9.17) is 28.4 Å². The molecule has 3 aromatic carbocycles. The first-order valence-corrected chi connectivity index (χ1v) is 12.8. The lowest BCUT2D eigenvalue weighted by Crippen LogP contribution is -2.15. The minimum Gasteiger partial charge on any atom is -0.487 e. The summed E-state index contributed by atoms with van der Waals surface area (Å²) in [6.07, 6.45) is 1.80. The first-order valence-electron chi connectivity index (χ1n) is 12.8. The predicted molar refractivity (Wildman–Crippen MR) is 145 cm³/mol. The second-order valence-electron chi connectivity index (χ2n) is 8.52. The lowest BCUT2D eigenvalue weighted by atomic mass is 10.0. The van der Waals surface area contributed by atoms with Crippen LogP contribution in [0.5, 0.6) is 23.0 Å². The number of ether oxygens (including phenoxy) is 6. The van der Waals surface area contributed by atoms with E-state index in [9.17, 15) is 0 Å². The Kier molecular flexibility index (Phi) is 9.06. The second kappa shape index (κ2) is 13.5. The van der Waals surface area contributed by atoms with Crippen molar-refractivity contribution in [1.29, 1.82) is 0 Å². The zero-order valence-corrected chi connectivity index (χ0v) is 21.2. The van der Waals surface area contributed by atoms with Crippen LogP contribution in [0.4, 0.5) is 0 Å². The maximum Gasteiger partial charge on any atom is 0.161 e. The summed E-state index contributed by atoms with van der Waals surface area (Å²) in [5.74, 6) is 2.69. The van der Waals surface area contributed by atoms with Gasteiger partial charge >= 0.3 is 0 Å². The zero-order valence-electron chi connectivity index (χ0n) is 21.2. The van der Waals surface area contributed by atoms with Crippen molar-refractivity contribution in [2.24, 2.45) is 0 Å². The number of fused-ring (bicyclic) bond motifs is 2. The van der Waals surface area contributed by atoms with Crippen LogP contribution in [0.2, 0.25) is 0 Å². The first-order chi connectivity index (χ1) is 18.9. The van der Waals surface area contributed by atoms with Crippen molar-refractivity contribution < 1.29 is 28.4 Å². The molecule has 0 saturated carbocycles. The fraction of sp³-hybridized carbons (Fsp3) is 0.258. The number of nitrogens with zero attached hydrogens (tertiary/aromatic N) is 1. The highest BCUT2D eigenvalue weighted by molar-refractivity contribution is 5.73. The van der Waals surface area contributed by atoms with Gasteiger partial charge in [0.05, 0.1) is 32.1 Å². The van der Waals surface area contributed by atoms with E-state index in [1.54, 1.807) is 6.20 Å². The van der Waals surface area contributed by atoms with Crippen LogP contribution in [0.15, 0.2) is 91.1 Å². The molecule has 4 aromatic rings. The molecule has 38 heavy (non-hydrogen) atoms. The molecular weight excluding hydrogens is 482 g/mol. The van der Waals surface area contributed by atoms with Gasteiger partial charge in [0.2, 0.25) is 0 Å². The summed E-state index contributed by atoms with van der Waals surface area (Å²) in [5.41, 5.74) is 4.07. The standard InChI is InChI=1S/C31H31NO6/c1-2-10-29-28(9-1)35-18-14-33-16-20-37-30-12-11-25(23-31(30)38-21-17-34-15-19-36-29)24-6-5-7-26(22-24)27-8-3-4-13-32-27/h1-13,22-23H,14-21H2. The topological polar surface area (TPSA) is 68.3 Å². The third kappa shape index (κ3) is 7.03. The Balaban J connectivity index is 1.28. The third-order valence-electron chi connectivity index (χ3n) is 5.89. The molecule has 2 heterocycles. The van der Waals surface area contributed by atoms with E-state index in [0.29, 0.717) is 75.9 Å². The van der Waals surface area contributed by atoms with Gasteiger partial charge in [-0.05, 0) is 53.6 Å². The zero-order chi connectivity index (χ0) is 25.8. The van der Waals surface area contributed by atoms with Crippen molar-refractivity contribution in [3.05, 3.63) is 91.1 Å². The molecule has 0 saturated heterocycles. The molecule has 0 spiro atoms. The molecule has 0 unspecified atom stereocenters. The fourth-order valence-corrected chi connectivity index (χ4v) is 4.05. The van der Waals surface area contributed by atoms with Crippen LogP contribution in [0, 0.1) is 0 Å². The van der Waals surface area contributed by atoms with Crippen LogP contribution < -0.4 is 18.9 Å². The van der Waals surface area contributed by atoms with Crippen molar-refractivity contribution in [2.45, 2.75) is 0 Å². The van der Waals surface area contributed by atoms with Crippen LogP contribution in [-0.2, 0) is 9.47 Å². The average Bonchev–Trinajstić information content (AvgIpc) is 2.97. The summed E-state index contributed by atoms with van der Waals surface area (Å²) in [6.45, 7) is 3.32. The van der Waals surface area contributed by atoms with Crippen molar-refractivity contribution in [2.75, 3.05) is 52.9 Å². The highest BCUT2D eigenvalue weighted by atomic mass is 16.6. The third-order valence-corrected chi connectivity index (χ3v) is 5.89. The van der Waals surface area contributed by atoms with E-state index >= 15 is 0 Å². The van der Waals surface area contributed by atoms with Crippen molar-refractivity contribution in [3.63, 3.8) is 0 Å². The molecule has 0 bridgehead atoms. The van der Waals surface area contributed by atoms with Crippen molar-refractivity contribution >= 4 is 0 Å². The Morgan fingerprint density at radius 1 is 0.421 bits per heavy atom. The van der Waals surface area contributed by atoms with Crippen LogP contribution in [-0.4, -0.2) is 57.8 Å². The summed E-state index contributed by atoms with van der Waals surface area (Å²) in [7, 11) is 0. The lowest BCUT2D eigenvalue weighted by Gasteiger charge is -2.16. The summed E-state index contributed by atoms with van der Waals surface area (Å²) in [6, 6.07) is 27.8. The summed E-state index contributed by atoms with van der Waals surface area (Å²) >= 11 is 0. The quantitative estimate of drug-likeness (QED) is 0.342. The van der Waals surface area contributed by atoms with Gasteiger partial charge in [-0.1, -0.05) is 42.5 Å². The van der Waals surface area contributed by atoms with E-state index in [1.807, 2.05) is 66.7 Å². The van der Waals surface area contributed by atoms with Gasteiger partial charge in [-0.15, -0.1) is 0 Å². The predicted octanol–water partition coefficient (Wildman–Crippen LogP) is 5.68. The van der Waals surface area contributed by atoms with Gasteiger partial charge in [0.1, 0.15) is 26.4 Å². The Morgan fingerprint density at radius 2 is 0.974 bits per heavy atom. The van der Waals surface area contributed by atoms with Gasteiger partial charge in [-0.25, -0.2) is 0 Å². The Bertz CT molecular complexity index is 1300. The number of para-hydroxylation sites is 2. The molecule has 5 rings (SSSR count). The van der Waals surface area contributed by atoms with E-state index in [2.05, 4.69) is 23.2 Å². The highest BCUT2D eigenvalue weighted by Gasteiger charge is 2.11. The minimum atomic E-state index is 0.379. The molecule has 0 fully saturated rings. The molecular formula is C31H31NO6. The van der Waals surface area contributed by atoms with E-state index in [1.165, 1.54) is 0 Å². The molecule has 196 valence electrons. The molecule has 7 heteroatoms. The monoisotopic (exact) mass is 513 g/mol. The molecule has 0 N–H and O–H groups in total. The second-order valence-corrected chi connectivity index (χ2v) is 8.52. The van der Waals surface area contributed by atoms with Gasteiger partial charge in [-0.3, -0.25) is 4.98 Å². The van der Waals surface area contributed by atoms with Gasteiger partial charge in [0.15, 0.2) is 23.0 Å². The number of aromatic nitrogens is 1. The van der Waals surface area contributed by atoms with E-state index < -0.39 is 0 Å². The largest absolute Gasteiger partial charge is 0.487 e. The highest BCUT2D eigenvalue weighted by Crippen LogP contribution is 2.34. The van der Waals surface area contributed by atoms with Gasteiger partial charge < -0.3 is 28.4 Å². The molecule has 1 aliphatic heterocycles. The molecule has 7 nitrogen and oxygen atoms in total. The number of pyridine rings is 1. The number of hydrogen-bond donors (Lipinski definition) is 0. The lowest BCUT2D eigenvalue weighted by molar-refractivity contribution is 0.0640. The Labute approximate surface area is 222 Å². The SMILES string of the molecule is c1ccc(-c2cccc(-c3ccc4c(c3)OCCOCCOc3ccccc3OCCOCCO4)c2)nc1. The maximum atomic E-state index is 6.10. The number of hydrogen-bond acceptors (Lipinski definition) is 7. The van der Waals surface area contributed by atoms with Gasteiger partial charge in [0.25, 0.3) is 0 Å². The molecule has 1 aliphatic rings. The van der Waals surface area contributed by atoms with Crippen molar-refractivity contribution in [3.8, 4) is 45.4 Å². The molecule has 0 aliphatic carbocycles. The summed E-state index contributed by atoms with van der Waals surface area (Å²) in [4.78, 5) is 4.47. The van der Waals surface area contributed by atoms with Crippen molar-refractivity contribution in [1.82, 2.24) is 4.98 Å². The molecule has 0 radical (unpaired) electrons. The molecule has 0 atom stereocenters. The van der Waals surface area contributed by atoms with Crippen LogP contribution in [0.25, 0.3) is 22.4 Å². The average molecular weight is 514 g/mol. The minimum absolute atomic E-state index is 0.379. The molecule has 0 amide bonds. The summed E-state index contributed by atoms with van der Waals surface area (Å²) < 4.78 is 35.2. The van der Waals surface area contributed by atoms with E-state index in [0.717, 1.165) is 22.4 Å². The first kappa shape index (κ1) is 25.6. The Hall–Kier alpha value is -4.07. The number of benzene rings is 3.